The molecule has 2 aromatic carbocycles. The maximum atomic E-state index is 13.2. The number of ether oxygens (including phenoxy) is 1. The number of hydrogen-bond donors (Lipinski definition) is 1. The van der Waals surface area contributed by atoms with Crippen LogP contribution in [0.1, 0.15) is 42.0 Å². The molecule has 0 saturated carbocycles. The summed E-state index contributed by atoms with van der Waals surface area (Å²) in [5.41, 5.74) is 2.62. The summed E-state index contributed by atoms with van der Waals surface area (Å²) in [5, 5.41) is 0. The first-order chi connectivity index (χ1) is 14.6. The summed E-state index contributed by atoms with van der Waals surface area (Å²) < 4.78 is 69.5. The molecule has 0 radical (unpaired) electrons. The molecular formula is C22H28ClF3N2O3S. The molecule has 1 saturated heterocycles. The van der Waals surface area contributed by atoms with Gasteiger partial charge in [-0.1, -0.05) is 36.4 Å². The van der Waals surface area contributed by atoms with Crippen molar-refractivity contribution in [2.75, 3.05) is 19.3 Å². The Morgan fingerprint density at radius 2 is 1.75 bits per heavy atom. The fourth-order valence-corrected chi connectivity index (χ4v) is 4.82. The van der Waals surface area contributed by atoms with E-state index in [9.17, 15) is 21.6 Å². The molecule has 0 aromatic heterocycles. The van der Waals surface area contributed by atoms with Gasteiger partial charge in [-0.25, -0.2) is 17.5 Å². The summed E-state index contributed by atoms with van der Waals surface area (Å²) in [4.78, 5) is 2.06. The fraction of sp³-hybridized carbons (Fsp3) is 0.455. The summed E-state index contributed by atoms with van der Waals surface area (Å²) in [5.74, 6) is -0.590. The Hall–Kier alpha value is -1.65. The molecule has 1 heterocycles. The maximum Gasteiger partial charge on any atom is 0.345 e. The van der Waals surface area contributed by atoms with Crippen molar-refractivity contribution in [2.45, 2.75) is 44.6 Å². The summed E-state index contributed by atoms with van der Waals surface area (Å²) in [6.45, 7) is 0.478. The number of nitrogens with one attached hydrogen (secondary N) is 1. The van der Waals surface area contributed by atoms with Crippen LogP contribution >= 0.6 is 12.4 Å². The summed E-state index contributed by atoms with van der Waals surface area (Å²) in [6.07, 6.45) is 1.04. The maximum absolute atomic E-state index is 13.2. The van der Waals surface area contributed by atoms with Crippen LogP contribution in [-0.2, 0) is 21.3 Å². The van der Waals surface area contributed by atoms with Crippen molar-refractivity contribution in [3.8, 4) is 0 Å². The van der Waals surface area contributed by atoms with Crippen LogP contribution in [0.4, 0.5) is 13.2 Å². The van der Waals surface area contributed by atoms with Crippen LogP contribution in [0.5, 0.6) is 0 Å². The van der Waals surface area contributed by atoms with Gasteiger partial charge in [0.25, 0.3) is 0 Å². The molecule has 3 rings (SSSR count). The molecule has 0 amide bonds. The molecule has 0 spiro atoms. The molecule has 2 aromatic rings. The molecule has 1 aliphatic rings. The lowest BCUT2D eigenvalue weighted by atomic mass is 9.86. The standard InChI is InChI=1S/C22H27F3N2O3S.ClH/c1-15(26-31(2,28)29)17-5-3-16(4-6-17)13-27-12-11-20(21(14-27)30-22(24)25)18-7-9-19(23)10-8-18;/h3-10,15,20-22,26H,11-14H2,1-2H3;1H/t15-,20+,21-;/m1./s1. The fourth-order valence-electron chi connectivity index (χ4n) is 4.04. The van der Waals surface area contributed by atoms with Crippen LogP contribution < -0.4 is 4.72 Å². The van der Waals surface area contributed by atoms with Gasteiger partial charge in [0.15, 0.2) is 0 Å². The van der Waals surface area contributed by atoms with E-state index in [2.05, 4.69) is 9.62 Å². The van der Waals surface area contributed by atoms with Gasteiger partial charge in [-0.15, -0.1) is 12.4 Å². The van der Waals surface area contributed by atoms with Crippen molar-refractivity contribution in [3.05, 3.63) is 71.0 Å². The average molecular weight is 493 g/mol. The van der Waals surface area contributed by atoms with E-state index in [0.717, 1.165) is 22.9 Å². The normalized spacial score (nSPS) is 20.7. The van der Waals surface area contributed by atoms with E-state index < -0.39 is 22.7 Å². The van der Waals surface area contributed by atoms with Gasteiger partial charge in [-0.2, -0.15) is 8.78 Å². The number of sulfonamides is 1. The molecule has 0 unspecified atom stereocenters. The summed E-state index contributed by atoms with van der Waals surface area (Å²) in [7, 11) is -3.31. The first kappa shape index (κ1) is 26.6. The van der Waals surface area contributed by atoms with E-state index in [1.54, 1.807) is 19.1 Å². The highest BCUT2D eigenvalue weighted by Crippen LogP contribution is 2.32. The van der Waals surface area contributed by atoms with Gasteiger partial charge in [-0.05, 0) is 48.7 Å². The minimum absolute atomic E-state index is 0. The van der Waals surface area contributed by atoms with Gasteiger partial charge >= 0.3 is 6.61 Å². The zero-order valence-corrected chi connectivity index (χ0v) is 19.5. The minimum Gasteiger partial charge on any atom is -0.318 e. The predicted molar refractivity (Wildman–Crippen MR) is 120 cm³/mol. The molecule has 32 heavy (non-hydrogen) atoms. The van der Waals surface area contributed by atoms with Gasteiger partial charge in [0.1, 0.15) is 5.82 Å². The third-order valence-corrected chi connectivity index (χ3v) is 6.28. The Labute approximate surface area is 193 Å². The summed E-state index contributed by atoms with van der Waals surface area (Å²) >= 11 is 0. The van der Waals surface area contributed by atoms with E-state index in [1.807, 2.05) is 24.3 Å². The Bertz CT molecular complexity index is 959. The zero-order valence-electron chi connectivity index (χ0n) is 17.9. The number of piperidine rings is 1. The van der Waals surface area contributed by atoms with Gasteiger partial charge < -0.3 is 4.74 Å². The van der Waals surface area contributed by atoms with Crippen molar-refractivity contribution in [2.24, 2.45) is 0 Å². The number of nitrogens with zero attached hydrogens (tertiary/aromatic N) is 1. The lowest BCUT2D eigenvalue weighted by Gasteiger charge is -2.38. The minimum atomic E-state index is -3.31. The molecule has 5 nitrogen and oxygen atoms in total. The second-order valence-electron chi connectivity index (χ2n) is 7.97. The molecule has 0 aliphatic carbocycles. The molecule has 3 atom stereocenters. The quantitative estimate of drug-likeness (QED) is 0.591. The summed E-state index contributed by atoms with van der Waals surface area (Å²) in [6, 6.07) is 13.1. The highest BCUT2D eigenvalue weighted by molar-refractivity contribution is 7.88. The first-order valence-electron chi connectivity index (χ1n) is 10.1. The Balaban J connectivity index is 0.00000363. The first-order valence-corrected chi connectivity index (χ1v) is 12.0. The molecule has 178 valence electrons. The number of benzene rings is 2. The number of likely N-dealkylation sites (tertiary alicyclic amines) is 1. The van der Waals surface area contributed by atoms with Crippen LogP contribution in [-0.4, -0.2) is 45.4 Å². The molecular weight excluding hydrogens is 465 g/mol. The highest BCUT2D eigenvalue weighted by Gasteiger charge is 2.33. The van der Waals surface area contributed by atoms with Crippen LogP contribution in [0.25, 0.3) is 0 Å². The number of rotatable bonds is 8. The van der Waals surface area contributed by atoms with Crippen LogP contribution in [0, 0.1) is 5.82 Å². The third-order valence-electron chi connectivity index (χ3n) is 5.50. The van der Waals surface area contributed by atoms with Crippen LogP contribution in [0.2, 0.25) is 0 Å². The largest absolute Gasteiger partial charge is 0.345 e. The van der Waals surface area contributed by atoms with E-state index in [-0.39, 0.29) is 30.2 Å². The van der Waals surface area contributed by atoms with E-state index in [1.165, 1.54) is 12.1 Å². The number of hydrogen-bond acceptors (Lipinski definition) is 4. The van der Waals surface area contributed by atoms with Crippen molar-refractivity contribution in [3.63, 3.8) is 0 Å². The van der Waals surface area contributed by atoms with E-state index in [4.69, 9.17) is 4.74 Å². The monoisotopic (exact) mass is 492 g/mol. The van der Waals surface area contributed by atoms with Gasteiger partial charge in [0, 0.05) is 25.0 Å². The van der Waals surface area contributed by atoms with E-state index in [0.29, 0.717) is 26.1 Å². The topological polar surface area (TPSA) is 58.6 Å². The SMILES string of the molecule is C[C@@H](NS(C)(=O)=O)c1ccc(CN2CC[C@@H](c3ccc(F)cc3)[C@H](OC(F)F)C2)cc1.Cl. The number of alkyl halides is 2. The van der Waals surface area contributed by atoms with Crippen molar-refractivity contribution < 1.29 is 26.3 Å². The Morgan fingerprint density at radius 3 is 2.31 bits per heavy atom. The lowest BCUT2D eigenvalue weighted by molar-refractivity contribution is -0.180. The zero-order chi connectivity index (χ0) is 22.6. The van der Waals surface area contributed by atoms with Crippen molar-refractivity contribution in [1.29, 1.82) is 0 Å². The van der Waals surface area contributed by atoms with E-state index >= 15 is 0 Å². The second kappa shape index (κ2) is 11.5. The van der Waals surface area contributed by atoms with Crippen molar-refractivity contribution in [1.82, 2.24) is 9.62 Å². The molecule has 1 aliphatic heterocycles. The third kappa shape index (κ3) is 7.74. The molecule has 1 N–H and O–H groups in total. The predicted octanol–water partition coefficient (Wildman–Crippen LogP) is 4.46. The molecule has 1 fully saturated rings. The Morgan fingerprint density at radius 1 is 1.12 bits per heavy atom. The van der Waals surface area contributed by atoms with Crippen LogP contribution in [0.15, 0.2) is 48.5 Å². The van der Waals surface area contributed by atoms with Gasteiger partial charge in [-0.3, -0.25) is 4.90 Å². The van der Waals surface area contributed by atoms with Gasteiger partial charge in [0.05, 0.1) is 12.4 Å². The highest BCUT2D eigenvalue weighted by atomic mass is 35.5. The Kier molecular flexibility index (Phi) is 9.53. The average Bonchev–Trinajstić information content (AvgIpc) is 2.68. The van der Waals surface area contributed by atoms with Gasteiger partial charge in [0.2, 0.25) is 10.0 Å². The number of halogens is 4. The molecule has 10 heteroatoms. The van der Waals surface area contributed by atoms with Crippen LogP contribution in [0.3, 0.4) is 0 Å². The molecule has 0 bridgehead atoms. The smallest absolute Gasteiger partial charge is 0.318 e. The second-order valence-corrected chi connectivity index (χ2v) is 9.75. The lowest BCUT2D eigenvalue weighted by Crippen LogP contribution is -2.44. The van der Waals surface area contributed by atoms with Crippen molar-refractivity contribution >= 4 is 22.4 Å².